The molecule has 2 heterocycles. The number of methoxy groups -OCH3 is 2. The van der Waals surface area contributed by atoms with Gasteiger partial charge >= 0.3 is 0 Å². The van der Waals surface area contributed by atoms with Gasteiger partial charge in [-0.3, -0.25) is 24.1 Å². The molecule has 2 saturated heterocycles. The lowest BCUT2D eigenvalue weighted by molar-refractivity contribution is -0.148. The van der Waals surface area contributed by atoms with Gasteiger partial charge in [0.25, 0.3) is 0 Å². The number of hydrogen-bond donors (Lipinski definition) is 4. The molecule has 8 unspecified atom stereocenters. The number of nitrogens with zero attached hydrogens (tertiary/aromatic N) is 3. The van der Waals surface area contributed by atoms with Crippen molar-refractivity contribution in [2.45, 2.75) is 128 Å². The molecule has 0 aliphatic carbocycles. The Morgan fingerprint density at radius 1 is 0.980 bits per heavy atom. The second kappa shape index (κ2) is 21.1. The lowest BCUT2D eigenvalue weighted by atomic mass is 9.90. The van der Waals surface area contributed by atoms with Crippen molar-refractivity contribution in [2.75, 3.05) is 61.6 Å². The summed E-state index contributed by atoms with van der Waals surface area (Å²) in [7, 11) is 8.38. The number of aliphatic hydroxyl groups is 1. The van der Waals surface area contributed by atoms with E-state index in [0.717, 1.165) is 32.2 Å². The van der Waals surface area contributed by atoms with Crippen LogP contribution >= 0.6 is 0 Å². The Kier molecular flexibility index (Phi) is 18.5. The van der Waals surface area contributed by atoms with Crippen LogP contribution in [0.15, 0.2) is 0 Å². The third-order valence-electron chi connectivity index (χ3n) is 10.7. The van der Waals surface area contributed by atoms with Crippen molar-refractivity contribution >= 4 is 23.6 Å². The summed E-state index contributed by atoms with van der Waals surface area (Å²) in [5.74, 6) is -1.51. The van der Waals surface area contributed by atoms with Crippen molar-refractivity contribution in [3.8, 4) is 0 Å². The zero-order chi connectivity index (χ0) is 36.8. The Morgan fingerprint density at radius 2 is 1.67 bits per heavy atom. The van der Waals surface area contributed by atoms with Crippen LogP contribution in [0.3, 0.4) is 0 Å². The van der Waals surface area contributed by atoms with Crippen LogP contribution < -0.4 is 16.0 Å². The topological polar surface area (TPSA) is 153 Å². The first kappa shape index (κ1) is 42.8. The lowest BCUT2D eigenvalue weighted by Gasteiger charge is -2.40. The quantitative estimate of drug-likeness (QED) is 0.149. The Labute approximate surface area is 295 Å². The van der Waals surface area contributed by atoms with E-state index in [4.69, 9.17) is 9.47 Å². The lowest BCUT2D eigenvalue weighted by Crippen LogP contribution is -2.59. The third kappa shape index (κ3) is 11.9. The van der Waals surface area contributed by atoms with E-state index < -0.39 is 48.8 Å². The Balaban J connectivity index is 2.15. The highest BCUT2D eigenvalue weighted by atomic mass is 16.5. The second-order valence-corrected chi connectivity index (χ2v) is 14.7. The zero-order valence-corrected chi connectivity index (χ0v) is 32.0. The number of likely N-dealkylation sites (N-methyl/N-ethyl adjacent to an activating group) is 2. The van der Waals surface area contributed by atoms with E-state index in [9.17, 15) is 24.3 Å². The number of nitrogens with one attached hydrogen (secondary N) is 3. The van der Waals surface area contributed by atoms with E-state index in [1.807, 2.05) is 39.5 Å². The molecule has 0 aromatic heterocycles. The molecule has 0 aromatic rings. The van der Waals surface area contributed by atoms with Gasteiger partial charge in [-0.2, -0.15) is 0 Å². The molecule has 4 N–H and O–H groups in total. The van der Waals surface area contributed by atoms with Crippen LogP contribution in [0.25, 0.3) is 0 Å². The van der Waals surface area contributed by atoms with Crippen molar-refractivity contribution in [2.24, 2.45) is 17.8 Å². The van der Waals surface area contributed by atoms with Gasteiger partial charge < -0.3 is 40.3 Å². The summed E-state index contributed by atoms with van der Waals surface area (Å²) in [4.78, 5) is 59.3. The zero-order valence-electron chi connectivity index (χ0n) is 32.0. The number of carbonyl (C=O) groups is 4. The molecule has 4 amide bonds. The highest BCUT2D eigenvalue weighted by Crippen LogP contribution is 2.29. The van der Waals surface area contributed by atoms with Crippen molar-refractivity contribution in [3.05, 3.63) is 0 Å². The second-order valence-electron chi connectivity index (χ2n) is 14.7. The monoisotopic (exact) mass is 697 g/mol. The highest BCUT2D eigenvalue weighted by Gasteiger charge is 2.42. The minimum Gasteiger partial charge on any atom is -0.394 e. The molecule has 9 atom stereocenters. The summed E-state index contributed by atoms with van der Waals surface area (Å²) >= 11 is 0. The summed E-state index contributed by atoms with van der Waals surface area (Å²) in [6.45, 7) is 11.3. The normalized spacial score (nSPS) is 22.6. The summed E-state index contributed by atoms with van der Waals surface area (Å²) in [5, 5.41) is 19.6. The number of ether oxygens (including phenoxy) is 2. The van der Waals surface area contributed by atoms with Crippen LogP contribution in [0.1, 0.15) is 86.0 Å². The van der Waals surface area contributed by atoms with Crippen molar-refractivity contribution < 1.29 is 33.8 Å². The smallest absolute Gasteiger partial charge is 0.247 e. The molecule has 49 heavy (non-hydrogen) atoms. The van der Waals surface area contributed by atoms with Gasteiger partial charge in [0, 0.05) is 40.4 Å². The van der Waals surface area contributed by atoms with Gasteiger partial charge in [0.05, 0.1) is 49.3 Å². The van der Waals surface area contributed by atoms with Crippen LogP contribution in [0, 0.1) is 17.8 Å². The standard InChI is InChI=1S/C36H68N6O7/c1-11-24(4)32(41(8)36(47)27(22-43)39-35(46)31(23(2)3)40(6)7)29(48-9)21-30(44)42-20-14-16-28(42)33(49-10)25(5)34(45)38-19-17-26-15-12-13-18-37-26/h23-29,31-33,37,43H,11-22H2,1-10H3,(H,38,45)(H,39,46)/t24?,25?,26?,27?,28-,29?,31?,32?,33?/m0/s1. The Bertz CT molecular complexity index is 1030. The maximum Gasteiger partial charge on any atom is 0.247 e. The minimum atomic E-state index is -1.14. The fourth-order valence-electron chi connectivity index (χ4n) is 7.83. The van der Waals surface area contributed by atoms with E-state index in [0.29, 0.717) is 25.6 Å². The van der Waals surface area contributed by atoms with Crippen LogP contribution in [-0.4, -0.2) is 147 Å². The number of hydrogen-bond acceptors (Lipinski definition) is 9. The van der Waals surface area contributed by atoms with Crippen LogP contribution in [0.2, 0.25) is 0 Å². The fraction of sp³-hybridized carbons (Fsp3) is 0.889. The summed E-state index contributed by atoms with van der Waals surface area (Å²) in [5.41, 5.74) is 0. The molecule has 0 saturated carbocycles. The number of aliphatic hydroxyl groups excluding tert-OH is 1. The van der Waals surface area contributed by atoms with E-state index >= 15 is 0 Å². The van der Waals surface area contributed by atoms with Gasteiger partial charge in [-0.15, -0.1) is 0 Å². The maximum atomic E-state index is 14.0. The molecule has 0 spiro atoms. The van der Waals surface area contributed by atoms with Gasteiger partial charge in [0.2, 0.25) is 23.6 Å². The minimum absolute atomic E-state index is 0.00722. The van der Waals surface area contributed by atoms with Crippen LogP contribution in [0.5, 0.6) is 0 Å². The third-order valence-corrected chi connectivity index (χ3v) is 10.7. The largest absolute Gasteiger partial charge is 0.394 e. The summed E-state index contributed by atoms with van der Waals surface area (Å²) in [6, 6.07) is -1.96. The van der Waals surface area contributed by atoms with Gasteiger partial charge in [-0.05, 0) is 64.6 Å². The Morgan fingerprint density at radius 3 is 2.20 bits per heavy atom. The SMILES string of the molecule is CCC(C)C(C(CC(=O)N1CCC[C@H]1C(OC)C(C)C(=O)NCCC1CCCCN1)OC)N(C)C(=O)C(CO)NC(=O)C(C(C)C)N(C)C. The predicted octanol–water partition coefficient (Wildman–Crippen LogP) is 1.62. The highest BCUT2D eigenvalue weighted by molar-refractivity contribution is 5.90. The molecule has 0 radical (unpaired) electrons. The molecule has 0 aromatic carbocycles. The first-order chi connectivity index (χ1) is 23.2. The number of likely N-dealkylation sites (tertiary alicyclic amines) is 1. The van der Waals surface area contributed by atoms with E-state index in [1.54, 1.807) is 33.2 Å². The van der Waals surface area contributed by atoms with Crippen molar-refractivity contribution in [1.82, 2.24) is 30.7 Å². The van der Waals surface area contributed by atoms with E-state index in [2.05, 4.69) is 16.0 Å². The first-order valence-corrected chi connectivity index (χ1v) is 18.4. The molecular weight excluding hydrogens is 628 g/mol. The first-order valence-electron chi connectivity index (χ1n) is 18.4. The molecule has 2 aliphatic heterocycles. The molecule has 284 valence electrons. The molecule has 13 nitrogen and oxygen atoms in total. The molecule has 0 bridgehead atoms. The fourth-order valence-corrected chi connectivity index (χ4v) is 7.83. The van der Waals surface area contributed by atoms with Crippen molar-refractivity contribution in [1.29, 1.82) is 0 Å². The molecule has 13 heteroatoms. The molecular formula is C36H68N6O7. The summed E-state index contributed by atoms with van der Waals surface area (Å²) in [6.07, 6.45) is 5.57. The summed E-state index contributed by atoms with van der Waals surface area (Å²) < 4.78 is 11.8. The number of carbonyl (C=O) groups excluding carboxylic acids is 4. The van der Waals surface area contributed by atoms with Crippen LogP contribution in [0.4, 0.5) is 0 Å². The van der Waals surface area contributed by atoms with Gasteiger partial charge in [0.1, 0.15) is 6.04 Å². The van der Waals surface area contributed by atoms with Crippen molar-refractivity contribution in [3.63, 3.8) is 0 Å². The number of amides is 4. The predicted molar refractivity (Wildman–Crippen MR) is 191 cm³/mol. The van der Waals surface area contributed by atoms with Crippen LogP contribution in [-0.2, 0) is 28.7 Å². The average molecular weight is 697 g/mol. The molecule has 2 aliphatic rings. The van der Waals surface area contributed by atoms with Gasteiger partial charge in [0.15, 0.2) is 0 Å². The van der Waals surface area contributed by atoms with E-state index in [1.165, 1.54) is 24.9 Å². The molecule has 2 rings (SSSR count). The van der Waals surface area contributed by atoms with Gasteiger partial charge in [-0.1, -0.05) is 47.5 Å². The average Bonchev–Trinajstić information content (AvgIpc) is 3.56. The van der Waals surface area contributed by atoms with E-state index in [-0.39, 0.29) is 42.0 Å². The number of rotatable bonds is 20. The Hall–Kier alpha value is -2.32. The number of piperidine rings is 1. The molecule has 2 fully saturated rings. The maximum absolute atomic E-state index is 14.0. The van der Waals surface area contributed by atoms with Gasteiger partial charge in [-0.25, -0.2) is 0 Å².